The second-order valence-corrected chi connectivity index (χ2v) is 11.3. The van der Waals surface area contributed by atoms with Crippen molar-refractivity contribution in [2.24, 2.45) is 28.6 Å². The number of ketones is 1. The quantitative estimate of drug-likeness (QED) is 0.489. The van der Waals surface area contributed by atoms with Crippen molar-refractivity contribution >= 4 is 11.9 Å². The third-order valence-electron chi connectivity index (χ3n) is 9.74. The molecule has 0 bridgehead atoms. The average Bonchev–Trinajstić information content (AvgIpc) is 3.37. The molecule has 5 aliphatic rings. The van der Waals surface area contributed by atoms with E-state index in [-0.39, 0.29) is 23.7 Å². The molecule has 6 rings (SSSR count). The van der Waals surface area contributed by atoms with Gasteiger partial charge >= 0.3 is 0 Å². The zero-order chi connectivity index (χ0) is 23.0. The number of benzene rings is 1. The summed E-state index contributed by atoms with van der Waals surface area (Å²) in [6.45, 7) is 4.83. The van der Waals surface area contributed by atoms with Gasteiger partial charge < -0.3 is 19.3 Å². The van der Waals surface area contributed by atoms with Gasteiger partial charge in [0.25, 0.3) is 0 Å². The van der Waals surface area contributed by atoms with Crippen molar-refractivity contribution in [3.8, 4) is 17.2 Å². The van der Waals surface area contributed by atoms with Crippen molar-refractivity contribution in [1.82, 2.24) is 0 Å². The van der Waals surface area contributed by atoms with Crippen LogP contribution in [0.2, 0.25) is 0 Å². The normalized spacial score (nSPS) is 40.2. The minimum atomic E-state index is -0.274. The Hall–Kier alpha value is -2.27. The lowest BCUT2D eigenvalue weighted by Crippen LogP contribution is -2.50. The average molecular weight is 451 g/mol. The largest absolute Gasteiger partial charge is 0.493 e. The zero-order valence-electron chi connectivity index (χ0n) is 19.9. The highest BCUT2D eigenvalue weighted by molar-refractivity contribution is 6.06. The Labute approximate surface area is 195 Å². The Morgan fingerprint density at radius 2 is 1.91 bits per heavy atom. The molecular weight excluding hydrogens is 416 g/mol. The molecule has 6 atom stereocenters. The van der Waals surface area contributed by atoms with E-state index >= 15 is 0 Å². The molecule has 0 aromatic heterocycles. The van der Waals surface area contributed by atoms with Crippen LogP contribution in [0.1, 0.15) is 64.4 Å². The molecule has 0 unspecified atom stereocenters. The molecule has 0 saturated heterocycles. The van der Waals surface area contributed by atoms with Crippen LogP contribution in [0.15, 0.2) is 29.4 Å². The first-order valence-electron chi connectivity index (χ1n) is 12.4. The van der Waals surface area contributed by atoms with Gasteiger partial charge in [-0.25, -0.2) is 0 Å². The summed E-state index contributed by atoms with van der Waals surface area (Å²) in [6.07, 6.45) is 11.0. The Kier molecular flexibility index (Phi) is 4.75. The first kappa shape index (κ1) is 21.3. The van der Waals surface area contributed by atoms with E-state index in [9.17, 15) is 9.90 Å². The molecule has 0 spiro atoms. The molecule has 3 saturated carbocycles. The Bertz CT molecular complexity index is 1070. The van der Waals surface area contributed by atoms with E-state index in [0.29, 0.717) is 40.8 Å². The molecule has 1 heterocycles. The van der Waals surface area contributed by atoms with Gasteiger partial charge in [0.1, 0.15) is 0 Å². The van der Waals surface area contributed by atoms with Crippen LogP contribution >= 0.6 is 0 Å². The number of ether oxygens (including phenoxy) is 3. The summed E-state index contributed by atoms with van der Waals surface area (Å²) >= 11 is 0. The second kappa shape index (κ2) is 7.36. The van der Waals surface area contributed by atoms with Gasteiger partial charge in [0, 0.05) is 5.41 Å². The highest BCUT2D eigenvalue weighted by Crippen LogP contribution is 2.64. The fraction of sp³-hybridized carbons (Fsp3) is 0.607. The van der Waals surface area contributed by atoms with E-state index in [1.165, 1.54) is 5.57 Å². The smallest absolute Gasteiger partial charge is 0.231 e. The Balaban J connectivity index is 1.33. The van der Waals surface area contributed by atoms with Gasteiger partial charge in [0.2, 0.25) is 12.5 Å². The summed E-state index contributed by atoms with van der Waals surface area (Å²) in [7, 11) is 1.63. The van der Waals surface area contributed by atoms with Gasteiger partial charge in [-0.05, 0) is 97.5 Å². The highest BCUT2D eigenvalue weighted by Gasteiger charge is 2.59. The van der Waals surface area contributed by atoms with Gasteiger partial charge in [-0.1, -0.05) is 25.5 Å². The van der Waals surface area contributed by atoms with Crippen LogP contribution in [0.3, 0.4) is 0 Å². The Morgan fingerprint density at radius 1 is 1.09 bits per heavy atom. The summed E-state index contributed by atoms with van der Waals surface area (Å²) in [5.41, 5.74) is 3.24. The van der Waals surface area contributed by atoms with Crippen LogP contribution in [-0.2, 0) is 4.79 Å². The van der Waals surface area contributed by atoms with Crippen molar-refractivity contribution in [1.29, 1.82) is 0 Å². The molecule has 4 aliphatic carbocycles. The molecular formula is C28H34O5. The van der Waals surface area contributed by atoms with Gasteiger partial charge in [-0.15, -0.1) is 0 Å². The zero-order valence-corrected chi connectivity index (χ0v) is 19.9. The monoisotopic (exact) mass is 450 g/mol. The number of rotatable bonds is 2. The number of hydrogen-bond acceptors (Lipinski definition) is 5. The van der Waals surface area contributed by atoms with E-state index in [1.54, 1.807) is 7.11 Å². The molecule has 1 N–H and O–H groups in total. The maximum atomic E-state index is 13.7. The summed E-state index contributed by atoms with van der Waals surface area (Å²) in [4.78, 5) is 13.7. The van der Waals surface area contributed by atoms with Crippen LogP contribution < -0.4 is 14.2 Å². The van der Waals surface area contributed by atoms with Gasteiger partial charge in [-0.3, -0.25) is 4.79 Å². The third-order valence-corrected chi connectivity index (χ3v) is 9.74. The number of Topliss-reactive ketones (excluding diaryl/α,β-unsaturated/α-hetero) is 1. The lowest BCUT2D eigenvalue weighted by Gasteiger charge is -2.56. The number of aliphatic hydroxyl groups excluding tert-OH is 1. The third kappa shape index (κ3) is 3.04. The van der Waals surface area contributed by atoms with E-state index in [0.717, 1.165) is 56.1 Å². The number of allylic oxidation sites excluding steroid dienone is 2. The van der Waals surface area contributed by atoms with Crippen LogP contribution in [0.4, 0.5) is 0 Å². The van der Waals surface area contributed by atoms with Crippen LogP contribution in [0.5, 0.6) is 17.2 Å². The number of aliphatic hydroxyl groups is 1. The van der Waals surface area contributed by atoms with Crippen molar-refractivity contribution in [3.63, 3.8) is 0 Å². The minimum Gasteiger partial charge on any atom is -0.493 e. The fourth-order valence-electron chi connectivity index (χ4n) is 7.88. The van der Waals surface area contributed by atoms with Gasteiger partial charge in [0.05, 0.1) is 13.2 Å². The molecule has 176 valence electrons. The maximum absolute atomic E-state index is 13.7. The SMILES string of the molecule is COc1cc(/C=C2\C[C@@H]3[C@@H]4CC=C5C[C@@H](O)CC[C@]5(C)[C@H]4CC[C@]3(C)C2=O)cc2c1OCO2. The molecule has 3 fully saturated rings. The maximum Gasteiger partial charge on any atom is 0.231 e. The van der Waals surface area contributed by atoms with Crippen LogP contribution in [-0.4, -0.2) is 30.9 Å². The van der Waals surface area contributed by atoms with E-state index in [4.69, 9.17) is 14.2 Å². The fourth-order valence-corrected chi connectivity index (χ4v) is 7.88. The lowest BCUT2D eigenvalue weighted by atomic mass is 9.48. The summed E-state index contributed by atoms with van der Waals surface area (Å²) in [5.74, 6) is 3.80. The van der Waals surface area contributed by atoms with Crippen molar-refractivity contribution < 1.29 is 24.1 Å². The summed E-state index contributed by atoms with van der Waals surface area (Å²) in [6, 6.07) is 3.88. The number of methoxy groups -OCH3 is 1. The number of hydrogen-bond donors (Lipinski definition) is 1. The predicted molar refractivity (Wildman–Crippen MR) is 125 cm³/mol. The first-order chi connectivity index (χ1) is 15.8. The molecule has 0 amide bonds. The van der Waals surface area contributed by atoms with Gasteiger partial charge in [0.15, 0.2) is 17.3 Å². The number of carbonyl (C=O) groups excluding carboxylic acids is 1. The topological polar surface area (TPSA) is 65.0 Å². The minimum absolute atomic E-state index is 0.184. The summed E-state index contributed by atoms with van der Waals surface area (Å²) in [5, 5.41) is 10.2. The van der Waals surface area contributed by atoms with Crippen molar-refractivity contribution in [2.75, 3.05) is 13.9 Å². The molecule has 33 heavy (non-hydrogen) atoms. The Morgan fingerprint density at radius 3 is 2.73 bits per heavy atom. The van der Waals surface area contributed by atoms with Crippen molar-refractivity contribution in [3.05, 3.63) is 34.9 Å². The second-order valence-electron chi connectivity index (χ2n) is 11.3. The van der Waals surface area contributed by atoms with Gasteiger partial charge in [-0.2, -0.15) is 0 Å². The molecule has 0 radical (unpaired) electrons. The molecule has 1 aliphatic heterocycles. The highest BCUT2D eigenvalue weighted by atomic mass is 16.7. The number of fused-ring (bicyclic) bond motifs is 6. The standard InChI is InChI=1S/C28H34O5/c1-27-8-6-19(29)14-18(27)4-5-20-21(27)7-9-28(2)22(20)13-17(26(28)30)10-16-11-23(31-3)25-24(12-16)32-15-33-25/h4,10-12,19-22,29H,5-9,13-15H2,1-3H3/b17-10+/t19-,20+,21-,22+,27-,28-/m0/s1. The van der Waals surface area contributed by atoms with Crippen LogP contribution in [0, 0.1) is 28.6 Å². The molecule has 5 heteroatoms. The van der Waals surface area contributed by atoms with E-state index in [2.05, 4.69) is 19.9 Å². The van der Waals surface area contributed by atoms with E-state index in [1.807, 2.05) is 18.2 Å². The number of carbonyl (C=O) groups is 1. The molecule has 1 aromatic carbocycles. The summed E-state index contributed by atoms with van der Waals surface area (Å²) < 4.78 is 16.6. The van der Waals surface area contributed by atoms with E-state index < -0.39 is 0 Å². The molecule has 1 aromatic rings. The van der Waals surface area contributed by atoms with Crippen LogP contribution in [0.25, 0.3) is 6.08 Å². The predicted octanol–water partition coefficient (Wildman–Crippen LogP) is 5.31. The lowest BCUT2D eigenvalue weighted by molar-refractivity contribution is -0.130. The van der Waals surface area contributed by atoms with Crippen molar-refractivity contribution in [2.45, 2.75) is 64.9 Å². The molecule has 5 nitrogen and oxygen atoms in total. The first-order valence-corrected chi connectivity index (χ1v) is 12.4.